The molecule has 9 nitrogen and oxygen atoms in total. The van der Waals surface area contributed by atoms with Crippen LogP contribution in [0, 0.1) is 13.8 Å². The number of benzene rings is 1. The number of amides is 1. The molecule has 0 atom stereocenters. The van der Waals surface area contributed by atoms with Crippen molar-refractivity contribution in [2.45, 2.75) is 19.0 Å². The molecule has 10 heteroatoms. The average molecular weight is 428 g/mol. The molecule has 1 N–H and O–H groups in total. The molecule has 3 heterocycles. The molecule has 0 bridgehead atoms. The summed E-state index contributed by atoms with van der Waals surface area (Å²) in [5.41, 5.74) is 3.45. The van der Waals surface area contributed by atoms with Gasteiger partial charge < -0.3 is 15.0 Å². The molecule has 0 saturated carbocycles. The van der Waals surface area contributed by atoms with Crippen LogP contribution in [0.1, 0.15) is 11.4 Å². The lowest BCUT2D eigenvalue weighted by Crippen LogP contribution is -2.37. The fourth-order valence-corrected chi connectivity index (χ4v) is 4.13. The van der Waals surface area contributed by atoms with Gasteiger partial charge in [-0.1, -0.05) is 30.0 Å². The number of hydrogen-bond acceptors (Lipinski definition) is 7. The van der Waals surface area contributed by atoms with Crippen LogP contribution in [0.2, 0.25) is 0 Å². The predicted octanol–water partition coefficient (Wildman–Crippen LogP) is 2.19. The number of thioether (sulfide) groups is 1. The maximum Gasteiger partial charge on any atom is 0.234 e. The van der Waals surface area contributed by atoms with Crippen molar-refractivity contribution in [3.8, 4) is 5.69 Å². The summed E-state index contributed by atoms with van der Waals surface area (Å²) >= 11 is 1.36. The first kappa shape index (κ1) is 20.4. The minimum Gasteiger partial charge on any atom is -0.378 e. The van der Waals surface area contributed by atoms with Crippen molar-refractivity contribution >= 4 is 29.3 Å². The Labute approximate surface area is 179 Å². The van der Waals surface area contributed by atoms with Crippen LogP contribution < -0.4 is 10.2 Å². The Kier molecular flexibility index (Phi) is 6.05. The summed E-state index contributed by atoms with van der Waals surface area (Å²) < 4.78 is 9.23. The zero-order valence-electron chi connectivity index (χ0n) is 17.3. The summed E-state index contributed by atoms with van der Waals surface area (Å²) in [5.74, 6) is 0.892. The van der Waals surface area contributed by atoms with E-state index >= 15 is 0 Å². The highest BCUT2D eigenvalue weighted by Crippen LogP contribution is 2.27. The van der Waals surface area contributed by atoms with Gasteiger partial charge in [-0.2, -0.15) is 5.10 Å². The molecule has 1 aliphatic rings. The van der Waals surface area contributed by atoms with Crippen LogP contribution in [-0.2, 0) is 16.6 Å². The van der Waals surface area contributed by atoms with E-state index < -0.39 is 0 Å². The second kappa shape index (κ2) is 8.88. The van der Waals surface area contributed by atoms with E-state index in [4.69, 9.17) is 4.74 Å². The molecule has 2 aromatic heterocycles. The largest absolute Gasteiger partial charge is 0.378 e. The number of nitrogens with one attached hydrogen (secondary N) is 1. The predicted molar refractivity (Wildman–Crippen MR) is 116 cm³/mol. The number of para-hydroxylation sites is 1. The SMILES string of the molecule is Cc1nn(C)c(C)c1NC(=O)CSc1nnc(N2CCOCC2)n1-c1ccccc1. The topological polar surface area (TPSA) is 90.1 Å². The van der Waals surface area contributed by atoms with E-state index in [1.165, 1.54) is 11.8 Å². The maximum absolute atomic E-state index is 12.6. The smallest absolute Gasteiger partial charge is 0.234 e. The van der Waals surface area contributed by atoms with Gasteiger partial charge in [0.1, 0.15) is 0 Å². The first-order valence-corrected chi connectivity index (χ1v) is 10.8. The van der Waals surface area contributed by atoms with Gasteiger partial charge in [0.15, 0.2) is 5.16 Å². The van der Waals surface area contributed by atoms with Gasteiger partial charge in [-0.25, -0.2) is 0 Å². The molecular weight excluding hydrogens is 402 g/mol. The molecule has 1 aromatic carbocycles. The highest BCUT2D eigenvalue weighted by atomic mass is 32.2. The Morgan fingerprint density at radius 3 is 2.57 bits per heavy atom. The third-order valence-electron chi connectivity index (χ3n) is 5.03. The Balaban J connectivity index is 1.53. The second-order valence-electron chi connectivity index (χ2n) is 7.06. The fourth-order valence-electron chi connectivity index (χ4n) is 3.39. The van der Waals surface area contributed by atoms with E-state index in [0.717, 1.165) is 41.8 Å². The number of ether oxygens (including phenoxy) is 1. The van der Waals surface area contributed by atoms with Crippen molar-refractivity contribution < 1.29 is 9.53 Å². The third-order valence-corrected chi connectivity index (χ3v) is 5.96. The first-order chi connectivity index (χ1) is 14.5. The molecule has 1 fully saturated rings. The molecule has 30 heavy (non-hydrogen) atoms. The van der Waals surface area contributed by atoms with Gasteiger partial charge in [-0.05, 0) is 26.0 Å². The minimum absolute atomic E-state index is 0.102. The molecule has 1 amide bonds. The lowest BCUT2D eigenvalue weighted by Gasteiger charge is -2.27. The molecule has 4 rings (SSSR count). The Morgan fingerprint density at radius 2 is 1.90 bits per heavy atom. The van der Waals surface area contributed by atoms with Gasteiger partial charge in [0.25, 0.3) is 0 Å². The molecule has 158 valence electrons. The van der Waals surface area contributed by atoms with E-state index in [-0.39, 0.29) is 11.7 Å². The van der Waals surface area contributed by atoms with Gasteiger partial charge in [0.2, 0.25) is 11.9 Å². The molecule has 0 aliphatic carbocycles. The summed E-state index contributed by atoms with van der Waals surface area (Å²) in [6.45, 7) is 6.66. The number of aromatic nitrogens is 5. The van der Waals surface area contributed by atoms with Crippen LogP contribution in [0.15, 0.2) is 35.5 Å². The first-order valence-electron chi connectivity index (χ1n) is 9.81. The summed E-state index contributed by atoms with van der Waals surface area (Å²) in [6.07, 6.45) is 0. The van der Waals surface area contributed by atoms with E-state index in [2.05, 4.69) is 25.5 Å². The summed E-state index contributed by atoms with van der Waals surface area (Å²) in [7, 11) is 1.86. The average Bonchev–Trinajstić information content (AvgIpc) is 3.30. The highest BCUT2D eigenvalue weighted by molar-refractivity contribution is 7.99. The van der Waals surface area contributed by atoms with Gasteiger partial charge >= 0.3 is 0 Å². The van der Waals surface area contributed by atoms with Gasteiger partial charge in [0, 0.05) is 20.1 Å². The quantitative estimate of drug-likeness (QED) is 0.603. The lowest BCUT2D eigenvalue weighted by atomic mass is 10.3. The number of aryl methyl sites for hydroxylation is 2. The standard InChI is InChI=1S/C20H25N7O2S/c1-14-18(15(2)25(3)24-14)21-17(28)13-30-20-23-22-19(26-9-11-29-12-10-26)27(20)16-7-5-4-6-8-16/h4-8H,9-13H2,1-3H3,(H,21,28). The number of rotatable bonds is 6. The number of carbonyl (C=O) groups is 1. The highest BCUT2D eigenvalue weighted by Gasteiger charge is 2.22. The van der Waals surface area contributed by atoms with Crippen LogP contribution in [0.4, 0.5) is 11.6 Å². The minimum atomic E-state index is -0.102. The van der Waals surface area contributed by atoms with Crippen LogP contribution >= 0.6 is 11.8 Å². The van der Waals surface area contributed by atoms with E-state index in [1.54, 1.807) is 4.68 Å². The molecule has 1 saturated heterocycles. The van der Waals surface area contributed by atoms with Crippen LogP contribution in [0.3, 0.4) is 0 Å². The number of nitrogens with zero attached hydrogens (tertiary/aromatic N) is 6. The van der Waals surface area contributed by atoms with Crippen molar-refractivity contribution in [2.24, 2.45) is 7.05 Å². The number of morpholine rings is 1. The molecular formula is C20H25N7O2S. The molecule has 1 aliphatic heterocycles. The zero-order chi connectivity index (χ0) is 21.1. The maximum atomic E-state index is 12.6. The van der Waals surface area contributed by atoms with E-state index in [0.29, 0.717) is 18.4 Å². The van der Waals surface area contributed by atoms with Crippen LogP contribution in [0.5, 0.6) is 0 Å². The lowest BCUT2D eigenvalue weighted by molar-refractivity contribution is -0.113. The zero-order valence-corrected chi connectivity index (χ0v) is 18.1. The van der Waals surface area contributed by atoms with Crippen LogP contribution in [0.25, 0.3) is 5.69 Å². The number of anilines is 2. The summed E-state index contributed by atoms with van der Waals surface area (Å²) in [5, 5.41) is 16.8. The third kappa shape index (κ3) is 4.19. The Bertz CT molecular complexity index is 1030. The summed E-state index contributed by atoms with van der Waals surface area (Å²) in [6, 6.07) is 9.96. The monoisotopic (exact) mass is 427 g/mol. The van der Waals surface area contributed by atoms with Crippen molar-refractivity contribution in [3.05, 3.63) is 41.7 Å². The van der Waals surface area contributed by atoms with E-state index in [1.807, 2.05) is 55.8 Å². The van der Waals surface area contributed by atoms with Crippen molar-refractivity contribution in [1.29, 1.82) is 0 Å². The van der Waals surface area contributed by atoms with Gasteiger partial charge in [0.05, 0.1) is 41.7 Å². The molecule has 0 radical (unpaired) electrons. The van der Waals surface area contributed by atoms with Crippen molar-refractivity contribution in [2.75, 3.05) is 42.3 Å². The van der Waals surface area contributed by atoms with E-state index in [9.17, 15) is 4.79 Å². The number of carbonyl (C=O) groups excluding carboxylic acids is 1. The van der Waals surface area contributed by atoms with Gasteiger partial charge in [-0.15, -0.1) is 10.2 Å². The Hall–Kier alpha value is -2.85. The van der Waals surface area contributed by atoms with Crippen LogP contribution in [-0.4, -0.2) is 62.5 Å². The molecule has 3 aromatic rings. The van der Waals surface area contributed by atoms with Gasteiger partial charge in [-0.3, -0.25) is 14.0 Å². The molecule has 0 unspecified atom stereocenters. The summed E-state index contributed by atoms with van der Waals surface area (Å²) in [4.78, 5) is 14.8. The normalized spacial score (nSPS) is 14.2. The second-order valence-corrected chi connectivity index (χ2v) is 8.00. The Morgan fingerprint density at radius 1 is 1.17 bits per heavy atom. The van der Waals surface area contributed by atoms with Crippen molar-refractivity contribution in [1.82, 2.24) is 24.5 Å². The fraction of sp³-hybridized carbons (Fsp3) is 0.400. The molecule has 0 spiro atoms. The number of hydrogen-bond donors (Lipinski definition) is 1. The van der Waals surface area contributed by atoms with Crippen molar-refractivity contribution in [3.63, 3.8) is 0 Å².